The van der Waals surface area contributed by atoms with Crippen LogP contribution in [0.25, 0.3) is 0 Å². The molecule has 0 aromatic heterocycles. The van der Waals surface area contributed by atoms with Crippen molar-refractivity contribution in [2.75, 3.05) is 31.6 Å². The number of thioether (sulfide) groups is 1. The first kappa shape index (κ1) is 12.7. The normalized spacial score (nSPS) is 32.1. The zero-order valence-corrected chi connectivity index (χ0v) is 11.4. The third-order valence-electron chi connectivity index (χ3n) is 4.02. The summed E-state index contributed by atoms with van der Waals surface area (Å²) in [4.78, 5) is 2.77. The van der Waals surface area contributed by atoms with E-state index in [2.05, 4.69) is 16.5 Å². The molecule has 0 spiro atoms. The molecular formula is C13H26N2S. The van der Waals surface area contributed by atoms with E-state index in [1.165, 1.54) is 63.9 Å². The number of nitrogens with one attached hydrogen (secondary N) is 1. The van der Waals surface area contributed by atoms with Crippen molar-refractivity contribution in [1.82, 2.24) is 10.2 Å². The predicted octanol–water partition coefficient (Wildman–Crippen LogP) is 2.35. The molecular weight excluding hydrogens is 216 g/mol. The largest absolute Gasteiger partial charge is 0.312 e. The topological polar surface area (TPSA) is 15.3 Å². The van der Waals surface area contributed by atoms with Gasteiger partial charge in [-0.25, -0.2) is 0 Å². The summed E-state index contributed by atoms with van der Waals surface area (Å²) in [7, 11) is 0. The van der Waals surface area contributed by atoms with Crippen LogP contribution >= 0.6 is 11.8 Å². The van der Waals surface area contributed by atoms with Crippen LogP contribution in [0.5, 0.6) is 0 Å². The molecule has 3 heteroatoms. The van der Waals surface area contributed by atoms with Gasteiger partial charge in [0.1, 0.15) is 0 Å². The Balaban J connectivity index is 1.81. The van der Waals surface area contributed by atoms with Gasteiger partial charge >= 0.3 is 0 Å². The first-order chi connectivity index (χ1) is 7.92. The quantitative estimate of drug-likeness (QED) is 0.745. The Hall–Kier alpha value is 0.270. The second kappa shape index (κ2) is 6.87. The van der Waals surface area contributed by atoms with Gasteiger partial charge in [-0.05, 0) is 63.7 Å². The van der Waals surface area contributed by atoms with Gasteiger partial charge in [-0.15, -0.1) is 0 Å². The van der Waals surface area contributed by atoms with Crippen LogP contribution in [-0.4, -0.2) is 48.6 Å². The van der Waals surface area contributed by atoms with Gasteiger partial charge in [-0.3, -0.25) is 4.90 Å². The molecule has 0 amide bonds. The van der Waals surface area contributed by atoms with Crippen LogP contribution in [0, 0.1) is 0 Å². The number of rotatable bonds is 5. The molecule has 2 heterocycles. The second-order valence-corrected chi connectivity index (χ2v) is 6.13. The number of likely N-dealkylation sites (tertiary alicyclic amines) is 1. The highest BCUT2D eigenvalue weighted by atomic mass is 32.2. The van der Waals surface area contributed by atoms with Crippen LogP contribution in [0.2, 0.25) is 0 Å². The summed E-state index contributed by atoms with van der Waals surface area (Å²) >= 11 is 1.98. The van der Waals surface area contributed by atoms with E-state index in [0.29, 0.717) is 0 Å². The summed E-state index contributed by atoms with van der Waals surface area (Å²) < 4.78 is 0. The Kier molecular flexibility index (Phi) is 5.46. The van der Waals surface area contributed by atoms with Gasteiger partial charge in [0.2, 0.25) is 0 Å². The van der Waals surface area contributed by atoms with Gasteiger partial charge < -0.3 is 5.32 Å². The van der Waals surface area contributed by atoms with Crippen molar-refractivity contribution in [2.24, 2.45) is 0 Å². The van der Waals surface area contributed by atoms with Crippen LogP contribution in [0.15, 0.2) is 0 Å². The van der Waals surface area contributed by atoms with Crippen LogP contribution in [0.4, 0.5) is 0 Å². The molecule has 2 aliphatic rings. The van der Waals surface area contributed by atoms with Crippen molar-refractivity contribution in [2.45, 2.75) is 50.6 Å². The summed E-state index contributed by atoms with van der Waals surface area (Å²) in [5.41, 5.74) is 0. The minimum atomic E-state index is 0.801. The first-order valence-corrected chi connectivity index (χ1v) is 8.27. The van der Waals surface area contributed by atoms with Gasteiger partial charge in [0.25, 0.3) is 0 Å². The number of piperidine rings is 1. The van der Waals surface area contributed by atoms with E-state index in [4.69, 9.17) is 0 Å². The predicted molar refractivity (Wildman–Crippen MR) is 73.2 cm³/mol. The van der Waals surface area contributed by atoms with E-state index in [1.54, 1.807) is 0 Å². The Bertz CT molecular complexity index is 192. The average molecular weight is 242 g/mol. The third-order valence-corrected chi connectivity index (χ3v) is 4.72. The maximum Gasteiger partial charge on any atom is 0.0249 e. The van der Waals surface area contributed by atoms with Gasteiger partial charge in [0, 0.05) is 12.1 Å². The third kappa shape index (κ3) is 3.38. The van der Waals surface area contributed by atoms with Gasteiger partial charge in [0.15, 0.2) is 0 Å². The van der Waals surface area contributed by atoms with Gasteiger partial charge in [-0.2, -0.15) is 11.8 Å². The van der Waals surface area contributed by atoms with Crippen LogP contribution in [0.1, 0.15) is 38.5 Å². The molecule has 0 bridgehead atoms. The fourth-order valence-corrected chi connectivity index (χ4v) is 3.62. The molecule has 16 heavy (non-hydrogen) atoms. The van der Waals surface area contributed by atoms with E-state index in [1.807, 2.05) is 11.8 Å². The summed E-state index contributed by atoms with van der Waals surface area (Å²) in [6.07, 6.45) is 10.7. The molecule has 0 aromatic carbocycles. The fourth-order valence-electron chi connectivity index (χ4n) is 3.20. The summed E-state index contributed by atoms with van der Waals surface area (Å²) in [5.74, 6) is 1.32. The van der Waals surface area contributed by atoms with Crippen molar-refractivity contribution in [3.05, 3.63) is 0 Å². The van der Waals surface area contributed by atoms with E-state index in [9.17, 15) is 0 Å². The average Bonchev–Trinajstić information content (AvgIpc) is 2.83. The molecule has 0 saturated carbocycles. The zero-order chi connectivity index (χ0) is 11.2. The second-order valence-electron chi connectivity index (χ2n) is 5.15. The monoisotopic (exact) mass is 242 g/mol. The van der Waals surface area contributed by atoms with E-state index >= 15 is 0 Å². The Morgan fingerprint density at radius 1 is 1.25 bits per heavy atom. The SMILES string of the molecule is CSCCCN1CCCCC1C1CCCN1. The lowest BCUT2D eigenvalue weighted by molar-refractivity contribution is 0.120. The summed E-state index contributed by atoms with van der Waals surface area (Å²) in [6.45, 7) is 3.92. The highest BCUT2D eigenvalue weighted by molar-refractivity contribution is 7.98. The minimum Gasteiger partial charge on any atom is -0.312 e. The fraction of sp³-hybridized carbons (Fsp3) is 1.00. The Morgan fingerprint density at radius 3 is 2.94 bits per heavy atom. The van der Waals surface area contributed by atoms with Crippen LogP contribution in [-0.2, 0) is 0 Å². The van der Waals surface area contributed by atoms with E-state index < -0.39 is 0 Å². The molecule has 2 nitrogen and oxygen atoms in total. The number of nitrogens with zero attached hydrogens (tertiary/aromatic N) is 1. The molecule has 2 rings (SSSR count). The minimum absolute atomic E-state index is 0.801. The summed E-state index contributed by atoms with van der Waals surface area (Å²) in [6, 6.07) is 1.65. The molecule has 2 fully saturated rings. The lowest BCUT2D eigenvalue weighted by atomic mass is 9.94. The molecule has 1 N–H and O–H groups in total. The lowest BCUT2D eigenvalue weighted by Gasteiger charge is -2.39. The van der Waals surface area contributed by atoms with Gasteiger partial charge in [0.05, 0.1) is 0 Å². The molecule has 2 unspecified atom stereocenters. The molecule has 2 atom stereocenters. The first-order valence-electron chi connectivity index (χ1n) is 6.88. The number of hydrogen-bond donors (Lipinski definition) is 1. The van der Waals surface area contributed by atoms with E-state index in [0.717, 1.165) is 12.1 Å². The van der Waals surface area contributed by atoms with Crippen LogP contribution < -0.4 is 5.32 Å². The Morgan fingerprint density at radius 2 is 2.19 bits per heavy atom. The van der Waals surface area contributed by atoms with Crippen molar-refractivity contribution >= 4 is 11.8 Å². The van der Waals surface area contributed by atoms with Crippen molar-refractivity contribution < 1.29 is 0 Å². The molecule has 0 aliphatic carbocycles. The highest BCUT2D eigenvalue weighted by Crippen LogP contribution is 2.24. The standard InChI is InChI=1S/C13H26N2S/c1-16-11-5-10-15-9-3-2-7-13(15)12-6-4-8-14-12/h12-14H,2-11H2,1H3. The molecule has 2 aliphatic heterocycles. The number of hydrogen-bond acceptors (Lipinski definition) is 3. The van der Waals surface area contributed by atoms with Crippen LogP contribution in [0.3, 0.4) is 0 Å². The van der Waals surface area contributed by atoms with Gasteiger partial charge in [-0.1, -0.05) is 6.42 Å². The molecule has 94 valence electrons. The lowest BCUT2D eigenvalue weighted by Crippen LogP contribution is -2.50. The van der Waals surface area contributed by atoms with E-state index in [-0.39, 0.29) is 0 Å². The Labute approximate surface area is 105 Å². The highest BCUT2D eigenvalue weighted by Gasteiger charge is 2.30. The molecule has 2 saturated heterocycles. The van der Waals surface area contributed by atoms with Crippen molar-refractivity contribution in [3.8, 4) is 0 Å². The van der Waals surface area contributed by atoms with Crippen molar-refractivity contribution in [1.29, 1.82) is 0 Å². The molecule has 0 radical (unpaired) electrons. The molecule has 0 aromatic rings. The van der Waals surface area contributed by atoms with Crippen molar-refractivity contribution in [3.63, 3.8) is 0 Å². The maximum absolute atomic E-state index is 3.70. The zero-order valence-electron chi connectivity index (χ0n) is 10.6. The smallest absolute Gasteiger partial charge is 0.0249 e. The summed E-state index contributed by atoms with van der Waals surface area (Å²) in [5, 5.41) is 3.70. The maximum atomic E-state index is 3.70.